The van der Waals surface area contributed by atoms with E-state index in [1.54, 1.807) is 24.4 Å². The summed E-state index contributed by atoms with van der Waals surface area (Å²) < 4.78 is 0. The predicted molar refractivity (Wildman–Crippen MR) is 70.3 cm³/mol. The molecule has 0 bridgehead atoms. The van der Waals surface area contributed by atoms with Crippen LogP contribution in [0, 0.1) is 13.8 Å². The molecule has 0 atom stereocenters. The Morgan fingerprint density at radius 3 is 2.72 bits per heavy atom. The molecule has 1 amide bonds. The number of nitrogens with zero attached hydrogens (tertiary/aromatic N) is 2. The summed E-state index contributed by atoms with van der Waals surface area (Å²) >= 11 is 0. The maximum atomic E-state index is 12.0. The summed E-state index contributed by atoms with van der Waals surface area (Å²) in [6.45, 7) is 3.66. The fourth-order valence-corrected chi connectivity index (χ4v) is 1.65. The molecule has 0 fully saturated rings. The van der Waals surface area contributed by atoms with Crippen LogP contribution < -0.4 is 11.1 Å². The molecule has 2 aromatic rings. The first-order valence-corrected chi connectivity index (χ1v) is 5.52. The first kappa shape index (κ1) is 12.0. The highest BCUT2D eigenvalue weighted by atomic mass is 16.1. The number of aromatic nitrogens is 2. The minimum atomic E-state index is -0.215. The van der Waals surface area contributed by atoms with Gasteiger partial charge in [0.1, 0.15) is 0 Å². The number of hydrogen-bond donors (Lipinski definition) is 2. The van der Waals surface area contributed by atoms with Gasteiger partial charge in [0.25, 0.3) is 5.91 Å². The van der Waals surface area contributed by atoms with Crippen molar-refractivity contribution < 1.29 is 4.79 Å². The Balaban J connectivity index is 2.22. The van der Waals surface area contributed by atoms with Gasteiger partial charge in [-0.1, -0.05) is 0 Å². The number of hydrogen-bond acceptors (Lipinski definition) is 4. The fraction of sp³-hybridized carbons (Fsp3) is 0.154. The third-order valence-corrected chi connectivity index (χ3v) is 2.49. The average molecular weight is 242 g/mol. The van der Waals surface area contributed by atoms with Crippen LogP contribution >= 0.6 is 0 Å². The summed E-state index contributed by atoms with van der Waals surface area (Å²) in [5, 5.41) is 2.71. The van der Waals surface area contributed by atoms with Crippen molar-refractivity contribution in [3.8, 4) is 0 Å². The Kier molecular flexibility index (Phi) is 3.23. The fourth-order valence-electron chi connectivity index (χ4n) is 1.65. The van der Waals surface area contributed by atoms with Crippen molar-refractivity contribution in [3.63, 3.8) is 0 Å². The average Bonchev–Trinajstić information content (AvgIpc) is 2.28. The van der Waals surface area contributed by atoms with E-state index in [2.05, 4.69) is 15.3 Å². The van der Waals surface area contributed by atoms with Gasteiger partial charge in [-0.25, -0.2) is 4.98 Å². The van der Waals surface area contributed by atoms with Crippen LogP contribution in [-0.2, 0) is 0 Å². The van der Waals surface area contributed by atoms with Crippen LogP contribution in [0.1, 0.15) is 21.6 Å². The number of nitrogen functional groups attached to an aromatic ring is 1. The van der Waals surface area contributed by atoms with E-state index in [0.29, 0.717) is 17.1 Å². The molecular weight excluding hydrogens is 228 g/mol. The van der Waals surface area contributed by atoms with Crippen molar-refractivity contribution in [1.82, 2.24) is 9.97 Å². The van der Waals surface area contributed by atoms with Gasteiger partial charge in [0.2, 0.25) is 0 Å². The van der Waals surface area contributed by atoms with Crippen LogP contribution in [0.5, 0.6) is 0 Å². The summed E-state index contributed by atoms with van der Waals surface area (Å²) in [6.07, 6.45) is 3.14. The molecule has 3 N–H and O–H groups in total. The number of anilines is 2. The van der Waals surface area contributed by atoms with Crippen LogP contribution in [0.4, 0.5) is 11.5 Å². The van der Waals surface area contributed by atoms with E-state index in [0.717, 1.165) is 11.3 Å². The zero-order valence-corrected chi connectivity index (χ0v) is 10.3. The van der Waals surface area contributed by atoms with E-state index < -0.39 is 0 Å². The Labute approximate surface area is 105 Å². The summed E-state index contributed by atoms with van der Waals surface area (Å²) in [7, 11) is 0. The molecule has 0 aliphatic carbocycles. The Bertz CT molecular complexity index is 595. The Morgan fingerprint density at radius 1 is 1.28 bits per heavy atom. The number of carbonyl (C=O) groups excluding carboxylic acids is 1. The molecule has 0 saturated heterocycles. The molecule has 0 aliphatic rings. The maximum absolute atomic E-state index is 12.0. The minimum absolute atomic E-state index is 0.215. The third kappa shape index (κ3) is 2.63. The number of amides is 1. The molecule has 0 aliphatic heterocycles. The minimum Gasteiger partial charge on any atom is -0.399 e. The van der Waals surface area contributed by atoms with Gasteiger partial charge in [-0.15, -0.1) is 0 Å². The lowest BCUT2D eigenvalue weighted by Gasteiger charge is -2.07. The highest BCUT2D eigenvalue weighted by Crippen LogP contribution is 2.14. The Morgan fingerprint density at radius 2 is 2.06 bits per heavy atom. The van der Waals surface area contributed by atoms with E-state index in [1.807, 2.05) is 13.8 Å². The molecule has 1 aromatic carbocycles. The molecular formula is C13H14N4O. The number of nitrogens with one attached hydrogen (secondary N) is 1. The second kappa shape index (κ2) is 4.83. The second-order valence-electron chi connectivity index (χ2n) is 4.07. The van der Waals surface area contributed by atoms with Gasteiger partial charge in [-0.05, 0) is 37.6 Å². The summed E-state index contributed by atoms with van der Waals surface area (Å²) in [4.78, 5) is 20.2. The molecule has 1 aromatic heterocycles. The van der Waals surface area contributed by atoms with E-state index in [-0.39, 0.29) is 5.91 Å². The number of benzene rings is 1. The standard InChI is InChI=1S/C13H14N4O/c1-8-5-10(14)3-4-11(8)13(18)17-12-7-15-6-9(2)16-12/h3-7H,14H2,1-2H3,(H,16,17,18). The predicted octanol–water partition coefficient (Wildman–Crippen LogP) is 1.93. The highest BCUT2D eigenvalue weighted by molar-refractivity contribution is 6.04. The second-order valence-corrected chi connectivity index (χ2v) is 4.07. The van der Waals surface area contributed by atoms with Gasteiger partial charge in [0.15, 0.2) is 5.82 Å². The largest absolute Gasteiger partial charge is 0.399 e. The molecule has 2 rings (SSSR count). The molecule has 5 nitrogen and oxygen atoms in total. The van der Waals surface area contributed by atoms with Crippen molar-refractivity contribution in [2.75, 3.05) is 11.1 Å². The summed E-state index contributed by atoms with van der Waals surface area (Å²) in [5.74, 6) is 0.226. The number of rotatable bonds is 2. The van der Waals surface area contributed by atoms with E-state index in [1.165, 1.54) is 6.20 Å². The van der Waals surface area contributed by atoms with E-state index >= 15 is 0 Å². The lowest BCUT2D eigenvalue weighted by molar-refractivity contribution is 0.102. The van der Waals surface area contributed by atoms with Crippen LogP contribution in [0.3, 0.4) is 0 Å². The summed E-state index contributed by atoms with van der Waals surface area (Å²) in [6, 6.07) is 5.16. The van der Waals surface area contributed by atoms with Crippen LogP contribution in [0.2, 0.25) is 0 Å². The smallest absolute Gasteiger partial charge is 0.257 e. The number of aryl methyl sites for hydroxylation is 2. The topological polar surface area (TPSA) is 80.9 Å². The van der Waals surface area contributed by atoms with Crippen molar-refractivity contribution in [3.05, 3.63) is 47.4 Å². The van der Waals surface area contributed by atoms with Crippen molar-refractivity contribution in [2.24, 2.45) is 0 Å². The van der Waals surface area contributed by atoms with Crippen LogP contribution in [-0.4, -0.2) is 15.9 Å². The normalized spacial score (nSPS) is 10.1. The first-order chi connectivity index (χ1) is 8.56. The molecule has 5 heteroatoms. The molecule has 0 unspecified atom stereocenters. The van der Waals surface area contributed by atoms with Gasteiger partial charge in [-0.2, -0.15) is 0 Å². The third-order valence-electron chi connectivity index (χ3n) is 2.49. The zero-order chi connectivity index (χ0) is 13.1. The lowest BCUT2D eigenvalue weighted by Crippen LogP contribution is -2.14. The molecule has 92 valence electrons. The monoisotopic (exact) mass is 242 g/mol. The maximum Gasteiger partial charge on any atom is 0.257 e. The van der Waals surface area contributed by atoms with Crippen LogP contribution in [0.15, 0.2) is 30.6 Å². The summed E-state index contributed by atoms with van der Waals surface area (Å²) in [5.41, 5.74) is 8.44. The van der Waals surface area contributed by atoms with Gasteiger partial charge in [0, 0.05) is 17.4 Å². The quantitative estimate of drug-likeness (QED) is 0.788. The van der Waals surface area contributed by atoms with Gasteiger partial charge in [-0.3, -0.25) is 9.78 Å². The zero-order valence-electron chi connectivity index (χ0n) is 10.3. The molecule has 0 saturated carbocycles. The highest BCUT2D eigenvalue weighted by Gasteiger charge is 2.10. The molecule has 0 spiro atoms. The van der Waals surface area contributed by atoms with Crippen molar-refractivity contribution in [1.29, 1.82) is 0 Å². The Hall–Kier alpha value is -2.43. The van der Waals surface area contributed by atoms with E-state index in [9.17, 15) is 4.79 Å². The van der Waals surface area contributed by atoms with Crippen molar-refractivity contribution in [2.45, 2.75) is 13.8 Å². The SMILES string of the molecule is Cc1cncc(NC(=O)c2ccc(N)cc2C)n1. The molecule has 18 heavy (non-hydrogen) atoms. The van der Waals surface area contributed by atoms with Gasteiger partial charge >= 0.3 is 0 Å². The molecule has 0 radical (unpaired) electrons. The number of nitrogens with two attached hydrogens (primary N) is 1. The first-order valence-electron chi connectivity index (χ1n) is 5.52. The number of carbonyl (C=O) groups is 1. The van der Waals surface area contributed by atoms with Gasteiger partial charge < -0.3 is 11.1 Å². The van der Waals surface area contributed by atoms with E-state index in [4.69, 9.17) is 5.73 Å². The molecule has 1 heterocycles. The lowest BCUT2D eigenvalue weighted by atomic mass is 10.1. The van der Waals surface area contributed by atoms with Gasteiger partial charge in [0.05, 0.1) is 11.9 Å². The van der Waals surface area contributed by atoms with Crippen molar-refractivity contribution >= 4 is 17.4 Å². The van der Waals surface area contributed by atoms with Crippen LogP contribution in [0.25, 0.3) is 0 Å².